The van der Waals surface area contributed by atoms with Gasteiger partial charge in [-0.05, 0) is 18.9 Å². The molecule has 0 bridgehead atoms. The van der Waals surface area contributed by atoms with Crippen molar-refractivity contribution < 1.29 is 13.2 Å². The molecule has 9 heteroatoms. The van der Waals surface area contributed by atoms with E-state index >= 15 is 0 Å². The second-order valence-electron chi connectivity index (χ2n) is 5.05. The van der Waals surface area contributed by atoms with E-state index in [-0.39, 0.29) is 27.3 Å². The van der Waals surface area contributed by atoms with E-state index in [1.807, 2.05) is 0 Å². The van der Waals surface area contributed by atoms with E-state index in [2.05, 4.69) is 4.72 Å². The van der Waals surface area contributed by atoms with Gasteiger partial charge in [0, 0.05) is 18.6 Å². The fourth-order valence-electron chi connectivity index (χ4n) is 2.84. The lowest BCUT2D eigenvalue weighted by Gasteiger charge is -2.52. The molecule has 0 aromatic carbocycles. The highest BCUT2D eigenvalue weighted by Crippen LogP contribution is 2.39. The third-order valence-electron chi connectivity index (χ3n) is 3.88. The zero-order valence-corrected chi connectivity index (χ0v) is 13.5. The Morgan fingerprint density at radius 2 is 2.20 bits per heavy atom. The Labute approximate surface area is 131 Å². The smallest absolute Gasteiger partial charge is 0.243 e. The lowest BCUT2D eigenvalue weighted by molar-refractivity contribution is -0.114. The summed E-state index contributed by atoms with van der Waals surface area (Å²) < 4.78 is 33.4. The van der Waals surface area contributed by atoms with Crippen molar-refractivity contribution in [3.05, 3.63) is 14.7 Å². The molecule has 1 aromatic rings. The Bertz CT molecular complexity index is 619. The summed E-state index contributed by atoms with van der Waals surface area (Å²) in [5.41, 5.74) is 6.04. The van der Waals surface area contributed by atoms with Crippen LogP contribution in [0.5, 0.6) is 0 Å². The van der Waals surface area contributed by atoms with Gasteiger partial charge >= 0.3 is 0 Å². The predicted octanol–water partition coefficient (Wildman–Crippen LogP) is 1.84. The van der Waals surface area contributed by atoms with Gasteiger partial charge in [-0.1, -0.05) is 23.2 Å². The molecule has 0 spiro atoms. The standard InChI is InChI=1S/C11H14Cl2N2O3S2/c12-7-4-6(11(13)19-7)20(16,17)15-9-8(14)5-2-1-3-18-10(5)9/h4-5,8-10,15H,1-3,14H2. The van der Waals surface area contributed by atoms with Crippen LogP contribution < -0.4 is 10.5 Å². The molecule has 1 aliphatic heterocycles. The monoisotopic (exact) mass is 356 g/mol. The molecule has 3 N–H and O–H groups in total. The SMILES string of the molecule is NC1C2CCCOC2C1NS(=O)(=O)c1cc(Cl)sc1Cl. The molecule has 3 rings (SSSR count). The summed E-state index contributed by atoms with van der Waals surface area (Å²) >= 11 is 12.7. The van der Waals surface area contributed by atoms with Gasteiger partial charge in [-0.25, -0.2) is 13.1 Å². The van der Waals surface area contributed by atoms with Crippen molar-refractivity contribution in [2.75, 3.05) is 6.61 Å². The van der Waals surface area contributed by atoms with Gasteiger partial charge in [-0.15, -0.1) is 11.3 Å². The first-order valence-electron chi connectivity index (χ1n) is 6.24. The highest BCUT2D eigenvalue weighted by Gasteiger charge is 2.52. The molecule has 112 valence electrons. The van der Waals surface area contributed by atoms with E-state index in [0.717, 1.165) is 24.2 Å². The number of fused-ring (bicyclic) bond motifs is 1. The maximum Gasteiger partial charge on any atom is 0.243 e. The van der Waals surface area contributed by atoms with E-state index in [1.165, 1.54) is 6.07 Å². The fraction of sp³-hybridized carbons (Fsp3) is 0.636. The minimum absolute atomic E-state index is 0.000580. The second-order valence-corrected chi connectivity index (χ2v) is 9.02. The zero-order chi connectivity index (χ0) is 14.5. The first-order chi connectivity index (χ1) is 9.40. The summed E-state index contributed by atoms with van der Waals surface area (Å²) in [6.07, 6.45) is 1.82. The van der Waals surface area contributed by atoms with Gasteiger partial charge in [0.1, 0.15) is 9.23 Å². The summed E-state index contributed by atoms with van der Waals surface area (Å²) in [6, 6.07) is 0.725. The average molecular weight is 357 g/mol. The van der Waals surface area contributed by atoms with Crippen molar-refractivity contribution in [2.24, 2.45) is 11.7 Å². The van der Waals surface area contributed by atoms with Crippen LogP contribution in [0.2, 0.25) is 8.67 Å². The number of ether oxygens (including phenoxy) is 1. The third kappa shape index (κ3) is 2.49. The molecule has 0 amide bonds. The molecule has 1 saturated carbocycles. The van der Waals surface area contributed by atoms with Crippen molar-refractivity contribution >= 4 is 44.6 Å². The first kappa shape index (κ1) is 15.0. The van der Waals surface area contributed by atoms with Crippen molar-refractivity contribution in [3.63, 3.8) is 0 Å². The number of nitrogens with two attached hydrogens (primary N) is 1. The normalized spacial score (nSPS) is 33.5. The maximum absolute atomic E-state index is 12.3. The number of nitrogens with one attached hydrogen (secondary N) is 1. The summed E-state index contributed by atoms with van der Waals surface area (Å²) in [4.78, 5) is 0.000580. The van der Waals surface area contributed by atoms with Crippen molar-refractivity contribution in [2.45, 2.75) is 35.9 Å². The Morgan fingerprint density at radius 3 is 2.85 bits per heavy atom. The predicted molar refractivity (Wildman–Crippen MR) is 78.9 cm³/mol. The second kappa shape index (κ2) is 5.39. The number of rotatable bonds is 3. The minimum atomic E-state index is -3.73. The van der Waals surface area contributed by atoms with Gasteiger partial charge in [-0.2, -0.15) is 0 Å². The number of halogens is 2. The molecule has 2 heterocycles. The summed E-state index contributed by atoms with van der Waals surface area (Å²) in [7, 11) is -3.73. The Morgan fingerprint density at radius 1 is 1.45 bits per heavy atom. The highest BCUT2D eigenvalue weighted by molar-refractivity contribution is 7.89. The van der Waals surface area contributed by atoms with Gasteiger partial charge in [0.15, 0.2) is 0 Å². The molecule has 4 unspecified atom stereocenters. The van der Waals surface area contributed by atoms with E-state index < -0.39 is 16.1 Å². The largest absolute Gasteiger partial charge is 0.376 e. The average Bonchev–Trinajstić information content (AvgIpc) is 2.76. The zero-order valence-electron chi connectivity index (χ0n) is 10.4. The molecule has 1 saturated heterocycles. The fourth-order valence-corrected chi connectivity index (χ4v) is 6.27. The quantitative estimate of drug-likeness (QED) is 0.865. The van der Waals surface area contributed by atoms with E-state index in [4.69, 9.17) is 33.7 Å². The Balaban J connectivity index is 1.79. The Hall–Kier alpha value is 0.110. The van der Waals surface area contributed by atoms with Crippen LogP contribution in [0.3, 0.4) is 0 Å². The number of thiophene rings is 1. The van der Waals surface area contributed by atoms with Gasteiger partial charge in [0.2, 0.25) is 10.0 Å². The van der Waals surface area contributed by atoms with Crippen molar-refractivity contribution in [3.8, 4) is 0 Å². The van der Waals surface area contributed by atoms with Crippen molar-refractivity contribution in [1.82, 2.24) is 4.72 Å². The molecule has 2 fully saturated rings. The van der Waals surface area contributed by atoms with E-state index in [9.17, 15) is 8.42 Å². The van der Waals surface area contributed by atoms with Crippen molar-refractivity contribution in [1.29, 1.82) is 0 Å². The van der Waals surface area contributed by atoms with Gasteiger partial charge in [-0.3, -0.25) is 0 Å². The third-order valence-corrected chi connectivity index (χ3v) is 7.10. The number of hydrogen-bond acceptors (Lipinski definition) is 5. The van der Waals surface area contributed by atoms with Crippen LogP contribution in [0.4, 0.5) is 0 Å². The topological polar surface area (TPSA) is 81.4 Å². The van der Waals surface area contributed by atoms with Gasteiger partial charge in [0.05, 0.1) is 16.5 Å². The summed E-state index contributed by atoms with van der Waals surface area (Å²) in [5, 5.41) is 0. The van der Waals surface area contributed by atoms with E-state index in [0.29, 0.717) is 10.9 Å². The van der Waals surface area contributed by atoms with Crippen LogP contribution in [-0.4, -0.2) is 33.2 Å². The molecule has 20 heavy (non-hydrogen) atoms. The first-order valence-corrected chi connectivity index (χ1v) is 9.30. The highest BCUT2D eigenvalue weighted by atomic mass is 35.5. The van der Waals surface area contributed by atoms with E-state index in [1.54, 1.807) is 0 Å². The lowest BCUT2D eigenvalue weighted by atomic mass is 9.69. The molecule has 0 radical (unpaired) electrons. The van der Waals surface area contributed by atoms with Gasteiger partial charge < -0.3 is 10.5 Å². The van der Waals surface area contributed by atoms with Crippen LogP contribution in [0.15, 0.2) is 11.0 Å². The van der Waals surface area contributed by atoms with Crippen LogP contribution in [0.1, 0.15) is 12.8 Å². The number of sulfonamides is 1. The maximum atomic E-state index is 12.3. The molecule has 4 atom stereocenters. The summed E-state index contributed by atoms with van der Waals surface area (Å²) in [5.74, 6) is 0.234. The molecule has 5 nitrogen and oxygen atoms in total. The molecule has 1 aliphatic carbocycles. The van der Waals surface area contributed by atoms with Crippen LogP contribution >= 0.6 is 34.5 Å². The molecular formula is C11H14Cl2N2O3S2. The van der Waals surface area contributed by atoms with Gasteiger partial charge in [0.25, 0.3) is 0 Å². The summed E-state index contributed by atoms with van der Waals surface area (Å²) in [6.45, 7) is 0.650. The number of hydrogen-bond donors (Lipinski definition) is 2. The van der Waals surface area contributed by atoms with Crippen LogP contribution in [0.25, 0.3) is 0 Å². The Kier molecular flexibility index (Phi) is 4.05. The minimum Gasteiger partial charge on any atom is -0.376 e. The lowest BCUT2D eigenvalue weighted by Crippen LogP contribution is -2.71. The molecular weight excluding hydrogens is 343 g/mol. The van der Waals surface area contributed by atoms with Crippen LogP contribution in [-0.2, 0) is 14.8 Å². The molecule has 2 aliphatic rings. The van der Waals surface area contributed by atoms with Crippen LogP contribution in [0, 0.1) is 5.92 Å². The molecule has 1 aromatic heterocycles.